The Morgan fingerprint density at radius 1 is 1.03 bits per heavy atom. The first-order chi connectivity index (χ1) is 16.4. The van der Waals surface area contributed by atoms with Gasteiger partial charge in [0.15, 0.2) is 15.8 Å². The van der Waals surface area contributed by atoms with Crippen LogP contribution in [0.3, 0.4) is 0 Å². The van der Waals surface area contributed by atoms with Gasteiger partial charge in [-0.15, -0.1) is 0 Å². The van der Waals surface area contributed by atoms with Crippen LogP contribution < -0.4 is 19.1 Å². The fraction of sp³-hybridized carbons (Fsp3) is 0.154. The highest BCUT2D eigenvalue weighted by Crippen LogP contribution is 2.41. The molecule has 0 unspecified atom stereocenters. The highest BCUT2D eigenvalue weighted by molar-refractivity contribution is 14.1. The van der Waals surface area contributed by atoms with Crippen LogP contribution in [0.25, 0.3) is 6.08 Å². The fourth-order valence-electron chi connectivity index (χ4n) is 3.44. The lowest BCUT2D eigenvalue weighted by Gasteiger charge is -2.17. The molecule has 8 heteroatoms. The summed E-state index contributed by atoms with van der Waals surface area (Å²) in [5, 5.41) is 0. The van der Waals surface area contributed by atoms with Crippen LogP contribution in [-0.4, -0.2) is 24.4 Å². The van der Waals surface area contributed by atoms with Crippen LogP contribution in [-0.2, 0) is 11.4 Å². The van der Waals surface area contributed by atoms with Gasteiger partial charge in [-0.1, -0.05) is 65.9 Å². The van der Waals surface area contributed by atoms with Crippen molar-refractivity contribution in [1.29, 1.82) is 0 Å². The van der Waals surface area contributed by atoms with Crippen molar-refractivity contribution in [3.63, 3.8) is 0 Å². The molecule has 174 valence electrons. The maximum absolute atomic E-state index is 13.2. The van der Waals surface area contributed by atoms with E-state index in [1.54, 1.807) is 20.3 Å². The highest BCUT2D eigenvalue weighted by Gasteiger charge is 2.35. The zero-order valence-corrected chi connectivity index (χ0v) is 22.6. The summed E-state index contributed by atoms with van der Waals surface area (Å²) in [5.41, 5.74) is 3.73. The Bertz CT molecular complexity index is 1270. The van der Waals surface area contributed by atoms with Crippen molar-refractivity contribution in [1.82, 2.24) is 0 Å². The van der Waals surface area contributed by atoms with E-state index in [1.165, 1.54) is 22.2 Å². The van der Waals surface area contributed by atoms with Crippen LogP contribution in [0.1, 0.15) is 16.7 Å². The third-order valence-electron chi connectivity index (χ3n) is 5.17. The van der Waals surface area contributed by atoms with Crippen molar-refractivity contribution in [2.45, 2.75) is 13.5 Å². The van der Waals surface area contributed by atoms with Crippen LogP contribution in [0, 0.1) is 10.5 Å². The van der Waals surface area contributed by atoms with Gasteiger partial charge < -0.3 is 14.2 Å². The smallest absolute Gasteiger partial charge is 0.270 e. The minimum absolute atomic E-state index is 0.187. The molecule has 4 rings (SSSR count). The molecule has 1 heterocycles. The fourth-order valence-corrected chi connectivity index (χ4v) is 5.51. The van der Waals surface area contributed by atoms with Crippen LogP contribution in [0.5, 0.6) is 17.2 Å². The topological polar surface area (TPSA) is 48.0 Å². The van der Waals surface area contributed by atoms with Crippen molar-refractivity contribution in [2.75, 3.05) is 19.1 Å². The molecule has 0 radical (unpaired) electrons. The number of hydrogen-bond donors (Lipinski definition) is 0. The number of amides is 1. The molecule has 0 atom stereocenters. The Kier molecular flexibility index (Phi) is 7.80. The molecule has 0 aliphatic carbocycles. The summed E-state index contributed by atoms with van der Waals surface area (Å²) < 4.78 is 18.4. The Morgan fingerprint density at radius 2 is 1.74 bits per heavy atom. The van der Waals surface area contributed by atoms with Crippen molar-refractivity contribution in [3.05, 3.63) is 85.8 Å². The van der Waals surface area contributed by atoms with E-state index in [9.17, 15) is 4.79 Å². The molecule has 1 saturated heterocycles. The average molecular weight is 604 g/mol. The summed E-state index contributed by atoms with van der Waals surface area (Å²) in [6.07, 6.45) is 1.82. The van der Waals surface area contributed by atoms with Crippen molar-refractivity contribution in [2.24, 2.45) is 0 Å². The number of anilines is 1. The molecule has 1 fully saturated rings. The number of thiocarbonyl (C=S) groups is 1. The van der Waals surface area contributed by atoms with E-state index in [-0.39, 0.29) is 5.91 Å². The maximum atomic E-state index is 13.2. The molecule has 3 aromatic rings. The van der Waals surface area contributed by atoms with Gasteiger partial charge in [-0.05, 0) is 71.0 Å². The molecule has 34 heavy (non-hydrogen) atoms. The highest BCUT2D eigenvalue weighted by atomic mass is 127. The second-order valence-corrected chi connectivity index (χ2v) is 10.3. The quantitative estimate of drug-likeness (QED) is 0.172. The van der Waals surface area contributed by atoms with Crippen LogP contribution in [0.2, 0.25) is 0 Å². The first-order valence-corrected chi connectivity index (χ1v) is 12.7. The molecule has 3 aromatic carbocycles. The van der Waals surface area contributed by atoms with Gasteiger partial charge in [0.2, 0.25) is 0 Å². The maximum Gasteiger partial charge on any atom is 0.270 e. The molecule has 5 nitrogen and oxygen atoms in total. The van der Waals surface area contributed by atoms with Gasteiger partial charge in [-0.2, -0.15) is 0 Å². The van der Waals surface area contributed by atoms with Gasteiger partial charge in [0.1, 0.15) is 12.4 Å². The first-order valence-electron chi connectivity index (χ1n) is 10.4. The van der Waals surface area contributed by atoms with Gasteiger partial charge in [0.05, 0.1) is 28.4 Å². The molecule has 0 saturated carbocycles. The molecule has 0 aromatic heterocycles. The van der Waals surface area contributed by atoms with E-state index in [0.717, 1.165) is 14.7 Å². The van der Waals surface area contributed by atoms with Crippen LogP contribution in [0.4, 0.5) is 5.69 Å². The van der Waals surface area contributed by atoms with Crippen molar-refractivity contribution >= 4 is 68.6 Å². The average Bonchev–Trinajstić information content (AvgIpc) is 3.11. The monoisotopic (exact) mass is 603 g/mol. The third kappa shape index (κ3) is 5.24. The Morgan fingerprint density at radius 3 is 2.44 bits per heavy atom. The molecule has 0 N–H and O–H groups in total. The van der Waals surface area contributed by atoms with Gasteiger partial charge >= 0.3 is 0 Å². The molecular weight excluding hydrogens is 581 g/mol. The molecule has 1 aliphatic heterocycles. The van der Waals surface area contributed by atoms with Crippen molar-refractivity contribution in [3.8, 4) is 17.2 Å². The second kappa shape index (κ2) is 10.8. The summed E-state index contributed by atoms with van der Waals surface area (Å²) in [6.45, 7) is 2.49. The van der Waals surface area contributed by atoms with Crippen molar-refractivity contribution < 1.29 is 19.0 Å². The molecule has 1 aliphatic rings. The molecular formula is C26H22INO4S2. The van der Waals surface area contributed by atoms with Crippen LogP contribution in [0.15, 0.2) is 65.6 Å². The van der Waals surface area contributed by atoms with Gasteiger partial charge in [-0.3, -0.25) is 9.69 Å². The number of benzene rings is 3. The minimum Gasteiger partial charge on any atom is -0.495 e. The largest absolute Gasteiger partial charge is 0.495 e. The van der Waals surface area contributed by atoms with Crippen LogP contribution >= 0.6 is 46.6 Å². The summed E-state index contributed by atoms with van der Waals surface area (Å²) >= 11 is 8.99. The van der Waals surface area contributed by atoms with E-state index in [0.29, 0.717) is 38.8 Å². The summed E-state index contributed by atoms with van der Waals surface area (Å²) in [6, 6.07) is 19.4. The predicted molar refractivity (Wildman–Crippen MR) is 150 cm³/mol. The third-order valence-corrected chi connectivity index (χ3v) is 7.28. The summed E-state index contributed by atoms with van der Waals surface area (Å²) in [7, 11) is 3.18. The number of ether oxygens (including phenoxy) is 3. The Labute approximate surface area is 222 Å². The Hall–Kier alpha value is -2.56. The number of nitrogens with zero attached hydrogens (tertiary/aromatic N) is 1. The number of para-hydroxylation sites is 2. The number of aryl methyl sites for hydroxylation is 1. The standard InChI is InChI=1S/C26H22INO4S2/c1-16-8-10-17(11-9-16)15-32-24-19(27)12-18(13-22(24)31-3)14-23-25(29)28(26(33)34-23)20-6-4-5-7-21(20)30-2/h4-14H,15H2,1-3H3/b23-14-. The lowest BCUT2D eigenvalue weighted by Crippen LogP contribution is -2.27. The molecule has 0 spiro atoms. The van der Waals surface area contributed by atoms with Gasteiger partial charge in [-0.25, -0.2) is 0 Å². The lowest BCUT2D eigenvalue weighted by atomic mass is 10.1. The number of carbonyl (C=O) groups is 1. The van der Waals surface area contributed by atoms with E-state index in [2.05, 4.69) is 41.6 Å². The summed E-state index contributed by atoms with van der Waals surface area (Å²) in [5.74, 6) is 1.67. The molecule has 1 amide bonds. The zero-order valence-electron chi connectivity index (χ0n) is 18.8. The zero-order chi connectivity index (χ0) is 24.2. The van der Waals surface area contributed by atoms with E-state index in [4.69, 9.17) is 26.4 Å². The van der Waals surface area contributed by atoms with E-state index in [1.807, 2.05) is 48.5 Å². The number of rotatable bonds is 7. The number of hydrogen-bond acceptors (Lipinski definition) is 6. The minimum atomic E-state index is -0.187. The summed E-state index contributed by atoms with van der Waals surface area (Å²) in [4.78, 5) is 15.3. The molecule has 0 bridgehead atoms. The number of halogens is 1. The van der Waals surface area contributed by atoms with E-state index < -0.39 is 0 Å². The van der Waals surface area contributed by atoms with Gasteiger partial charge in [0.25, 0.3) is 5.91 Å². The number of methoxy groups -OCH3 is 2. The normalized spacial score (nSPS) is 14.6. The Balaban J connectivity index is 1.59. The predicted octanol–water partition coefficient (Wildman–Crippen LogP) is 6.60. The van der Waals surface area contributed by atoms with E-state index >= 15 is 0 Å². The second-order valence-electron chi connectivity index (χ2n) is 7.50. The lowest BCUT2D eigenvalue weighted by molar-refractivity contribution is -0.113. The number of carbonyl (C=O) groups excluding carboxylic acids is 1. The first kappa shape index (κ1) is 24.6. The van der Waals surface area contributed by atoms with Gasteiger partial charge in [0, 0.05) is 0 Å². The SMILES string of the molecule is COc1ccccc1N1C(=O)/C(=C/c2cc(I)c(OCc3ccc(C)cc3)c(OC)c2)SC1=S. The number of thioether (sulfide) groups is 1.